The van der Waals surface area contributed by atoms with Gasteiger partial charge < -0.3 is 0 Å². The molecule has 0 saturated carbocycles. The van der Waals surface area contributed by atoms with Gasteiger partial charge in [-0.15, -0.1) is 0 Å². The second kappa shape index (κ2) is 4.76. The lowest BCUT2D eigenvalue weighted by molar-refractivity contribution is 0.546. The van der Waals surface area contributed by atoms with E-state index in [1.807, 2.05) is 16.3 Å². The Morgan fingerprint density at radius 3 is 2.77 bits per heavy atom. The average molecular weight is 330 g/mol. The Bertz CT molecular complexity index is 1040. The molecule has 112 valence electrons. The van der Waals surface area contributed by atoms with Crippen LogP contribution in [0.3, 0.4) is 0 Å². The molecule has 0 aliphatic rings. The topological polar surface area (TPSA) is 52.7 Å². The van der Waals surface area contributed by atoms with Gasteiger partial charge in [-0.3, -0.25) is 9.36 Å². The Kier molecular flexibility index (Phi) is 2.95. The molecule has 0 fully saturated rings. The predicted molar refractivity (Wildman–Crippen MR) is 91.9 cm³/mol. The molecule has 0 atom stereocenters. The third-order valence-electron chi connectivity index (χ3n) is 3.76. The van der Waals surface area contributed by atoms with Crippen molar-refractivity contribution in [2.45, 2.75) is 19.9 Å². The van der Waals surface area contributed by atoms with E-state index in [2.05, 4.69) is 30.4 Å². The van der Waals surface area contributed by atoms with Crippen LogP contribution in [0.5, 0.6) is 0 Å². The quantitative estimate of drug-likeness (QED) is 0.564. The third-order valence-corrected chi connectivity index (χ3v) is 5.48. The van der Waals surface area contributed by atoms with Crippen LogP contribution in [-0.4, -0.2) is 19.3 Å². The average Bonchev–Trinajstić information content (AvgIpc) is 3.18. The van der Waals surface area contributed by atoms with Gasteiger partial charge in [0.15, 0.2) is 11.3 Å². The van der Waals surface area contributed by atoms with E-state index < -0.39 is 0 Å². The van der Waals surface area contributed by atoms with Crippen molar-refractivity contribution in [3.05, 3.63) is 32.7 Å². The monoisotopic (exact) mass is 330 g/mol. The summed E-state index contributed by atoms with van der Waals surface area (Å²) in [6.07, 6.45) is 1.86. The van der Waals surface area contributed by atoms with Gasteiger partial charge in [-0.05, 0) is 36.2 Å². The molecule has 0 spiro atoms. The summed E-state index contributed by atoms with van der Waals surface area (Å²) < 4.78 is 4.46. The van der Waals surface area contributed by atoms with Crippen molar-refractivity contribution in [3.63, 3.8) is 0 Å². The van der Waals surface area contributed by atoms with Gasteiger partial charge in [0.25, 0.3) is 0 Å². The van der Waals surface area contributed by atoms with E-state index in [1.165, 1.54) is 11.3 Å². The fourth-order valence-corrected chi connectivity index (χ4v) is 4.31. The molecule has 4 rings (SSSR count). The van der Waals surface area contributed by atoms with Crippen molar-refractivity contribution in [1.29, 1.82) is 0 Å². The molecular formula is C15H14N4OS2. The summed E-state index contributed by atoms with van der Waals surface area (Å²) in [5.74, 6) is 0. The maximum absolute atomic E-state index is 12.1. The first-order valence-electron chi connectivity index (χ1n) is 6.97. The van der Waals surface area contributed by atoms with Crippen LogP contribution in [0.1, 0.15) is 19.9 Å². The summed E-state index contributed by atoms with van der Waals surface area (Å²) in [4.78, 5) is 16.8. The number of rotatable bonds is 2. The fourth-order valence-electron chi connectivity index (χ4n) is 2.67. The molecule has 22 heavy (non-hydrogen) atoms. The molecule has 0 saturated heterocycles. The molecule has 5 nitrogen and oxygen atoms in total. The van der Waals surface area contributed by atoms with E-state index in [9.17, 15) is 4.79 Å². The number of aromatic nitrogens is 4. The lowest BCUT2D eigenvalue weighted by Crippen LogP contribution is -2.08. The molecular weight excluding hydrogens is 316 g/mol. The van der Waals surface area contributed by atoms with Gasteiger partial charge >= 0.3 is 4.87 Å². The Hall–Kier alpha value is -1.99. The molecule has 4 heterocycles. The number of fused-ring (bicyclic) bond motifs is 2. The van der Waals surface area contributed by atoms with E-state index >= 15 is 0 Å². The summed E-state index contributed by atoms with van der Waals surface area (Å²) in [7, 11) is 1.77. The van der Waals surface area contributed by atoms with Gasteiger partial charge in [-0.2, -0.15) is 16.4 Å². The number of hydrogen-bond donors (Lipinski definition) is 0. The second-order valence-corrected chi connectivity index (χ2v) is 7.24. The first kappa shape index (κ1) is 13.7. The first-order valence-corrected chi connectivity index (χ1v) is 8.73. The summed E-state index contributed by atoms with van der Waals surface area (Å²) in [6.45, 7) is 4.16. The van der Waals surface area contributed by atoms with Crippen molar-refractivity contribution >= 4 is 44.1 Å². The zero-order chi connectivity index (χ0) is 15.4. The molecule has 4 aromatic rings. The molecule has 0 radical (unpaired) electrons. The van der Waals surface area contributed by atoms with Crippen LogP contribution in [-0.2, 0) is 7.05 Å². The standard InChI is InChI=1S/C15H14N4OS2/c1-8(2)19-13-10(6-16-19)11(9-4-5-21-7-9)12-14(17-13)18(3)15(20)22-12/h4-8H,1-3H3. The first-order chi connectivity index (χ1) is 10.6. The highest BCUT2D eigenvalue weighted by atomic mass is 32.1. The highest BCUT2D eigenvalue weighted by Gasteiger charge is 2.20. The second-order valence-electron chi connectivity index (χ2n) is 5.50. The van der Waals surface area contributed by atoms with Gasteiger partial charge in [0.05, 0.1) is 10.9 Å². The van der Waals surface area contributed by atoms with Crippen LogP contribution in [0.15, 0.2) is 27.8 Å². The van der Waals surface area contributed by atoms with Crippen LogP contribution in [0.4, 0.5) is 0 Å². The van der Waals surface area contributed by atoms with Crippen LogP contribution < -0.4 is 4.87 Å². The lowest BCUT2D eigenvalue weighted by atomic mass is 10.1. The van der Waals surface area contributed by atoms with E-state index in [-0.39, 0.29) is 10.9 Å². The van der Waals surface area contributed by atoms with Crippen LogP contribution in [0.2, 0.25) is 0 Å². The van der Waals surface area contributed by atoms with Crippen LogP contribution in [0.25, 0.3) is 32.5 Å². The number of thiazole rings is 1. The maximum Gasteiger partial charge on any atom is 0.309 e. The van der Waals surface area contributed by atoms with Gasteiger partial charge in [-0.25, -0.2) is 9.67 Å². The molecule has 7 heteroatoms. The van der Waals surface area contributed by atoms with Crippen LogP contribution >= 0.6 is 22.7 Å². The summed E-state index contributed by atoms with van der Waals surface area (Å²) >= 11 is 2.90. The fraction of sp³-hybridized carbons (Fsp3) is 0.267. The molecule has 4 aromatic heterocycles. The Morgan fingerprint density at radius 2 is 2.09 bits per heavy atom. The SMILES string of the molecule is CC(C)n1ncc2c(-c3ccsc3)c3sc(=O)n(C)c3nc21. The zero-order valence-corrected chi connectivity index (χ0v) is 14.0. The summed E-state index contributed by atoms with van der Waals surface area (Å²) in [5, 5.41) is 9.65. The molecule has 0 amide bonds. The molecule has 0 bridgehead atoms. The van der Waals surface area contributed by atoms with Gasteiger partial charge in [0, 0.05) is 24.0 Å². The number of nitrogens with zero attached hydrogens (tertiary/aromatic N) is 4. The number of thiophene rings is 1. The van der Waals surface area contributed by atoms with E-state index in [0.717, 1.165) is 32.5 Å². The van der Waals surface area contributed by atoms with E-state index in [0.29, 0.717) is 0 Å². The van der Waals surface area contributed by atoms with Gasteiger partial charge in [-0.1, -0.05) is 11.3 Å². The van der Waals surface area contributed by atoms with Crippen molar-refractivity contribution in [2.75, 3.05) is 0 Å². The van der Waals surface area contributed by atoms with Crippen molar-refractivity contribution in [1.82, 2.24) is 19.3 Å². The zero-order valence-electron chi connectivity index (χ0n) is 12.4. The summed E-state index contributed by atoms with van der Waals surface area (Å²) in [6, 6.07) is 2.30. The Balaban J connectivity index is 2.25. The lowest BCUT2D eigenvalue weighted by Gasteiger charge is -2.08. The highest BCUT2D eigenvalue weighted by Crippen LogP contribution is 2.37. The third kappa shape index (κ3) is 1.79. The molecule has 0 N–H and O–H groups in total. The largest absolute Gasteiger partial charge is 0.309 e. The Labute approximate surface area is 134 Å². The number of pyridine rings is 1. The van der Waals surface area contributed by atoms with Crippen molar-refractivity contribution in [3.8, 4) is 11.1 Å². The minimum absolute atomic E-state index is 0.00990. The predicted octanol–water partition coefficient (Wildman–Crippen LogP) is 3.65. The minimum atomic E-state index is 0.00990. The van der Waals surface area contributed by atoms with Crippen molar-refractivity contribution < 1.29 is 0 Å². The van der Waals surface area contributed by atoms with E-state index in [4.69, 9.17) is 4.98 Å². The number of aryl methyl sites for hydroxylation is 1. The molecule has 0 aliphatic heterocycles. The van der Waals surface area contributed by atoms with Gasteiger partial charge in [0.1, 0.15) is 0 Å². The number of hydrogen-bond acceptors (Lipinski definition) is 5. The van der Waals surface area contributed by atoms with E-state index in [1.54, 1.807) is 23.0 Å². The molecule has 0 aliphatic carbocycles. The summed E-state index contributed by atoms with van der Waals surface area (Å²) in [5.41, 5.74) is 3.74. The molecule has 0 aromatic carbocycles. The van der Waals surface area contributed by atoms with Crippen molar-refractivity contribution in [2.24, 2.45) is 7.05 Å². The van der Waals surface area contributed by atoms with Crippen LogP contribution in [0, 0.1) is 0 Å². The minimum Gasteiger partial charge on any atom is -0.286 e. The van der Waals surface area contributed by atoms with Gasteiger partial charge in [0.2, 0.25) is 0 Å². The highest BCUT2D eigenvalue weighted by molar-refractivity contribution is 7.17. The molecule has 0 unspecified atom stereocenters. The normalized spacial score (nSPS) is 12.0. The smallest absolute Gasteiger partial charge is 0.286 e. The maximum atomic E-state index is 12.1. The Morgan fingerprint density at radius 1 is 1.27 bits per heavy atom.